The SMILES string of the molecule is NCc1ccc(CN2CCCc3ccccc3C2)s1. The quantitative estimate of drug-likeness (QED) is 0.930. The van der Waals surface area contributed by atoms with E-state index in [2.05, 4.69) is 41.3 Å². The van der Waals surface area contributed by atoms with Crippen molar-refractivity contribution in [1.29, 1.82) is 0 Å². The van der Waals surface area contributed by atoms with E-state index in [-0.39, 0.29) is 0 Å². The van der Waals surface area contributed by atoms with Crippen LogP contribution in [0.15, 0.2) is 36.4 Å². The minimum Gasteiger partial charge on any atom is -0.326 e. The van der Waals surface area contributed by atoms with E-state index in [1.54, 1.807) is 0 Å². The third-order valence-corrected chi connectivity index (χ3v) is 4.82. The van der Waals surface area contributed by atoms with Gasteiger partial charge in [-0.2, -0.15) is 0 Å². The molecule has 1 aliphatic heterocycles. The maximum Gasteiger partial charge on any atom is 0.0331 e. The minimum atomic E-state index is 0.660. The number of aryl methyl sites for hydroxylation is 1. The Bertz CT molecular complexity index is 547. The van der Waals surface area contributed by atoms with Crippen molar-refractivity contribution in [1.82, 2.24) is 4.90 Å². The monoisotopic (exact) mass is 272 g/mol. The lowest BCUT2D eigenvalue weighted by molar-refractivity contribution is 0.263. The maximum absolute atomic E-state index is 5.68. The molecule has 3 heteroatoms. The molecule has 1 aromatic heterocycles. The molecule has 0 saturated carbocycles. The molecule has 0 amide bonds. The normalized spacial score (nSPS) is 16.1. The highest BCUT2D eigenvalue weighted by Gasteiger charge is 2.14. The Morgan fingerprint density at radius 1 is 1.05 bits per heavy atom. The Balaban J connectivity index is 1.72. The van der Waals surface area contributed by atoms with E-state index in [4.69, 9.17) is 5.73 Å². The zero-order chi connectivity index (χ0) is 13.1. The molecule has 19 heavy (non-hydrogen) atoms. The number of benzene rings is 1. The van der Waals surface area contributed by atoms with Gasteiger partial charge in [-0.15, -0.1) is 11.3 Å². The second-order valence-corrected chi connectivity index (χ2v) is 6.41. The van der Waals surface area contributed by atoms with Crippen LogP contribution in [0.25, 0.3) is 0 Å². The maximum atomic E-state index is 5.68. The summed E-state index contributed by atoms with van der Waals surface area (Å²) >= 11 is 1.85. The summed E-state index contributed by atoms with van der Waals surface area (Å²) in [6.45, 7) is 3.98. The van der Waals surface area contributed by atoms with Crippen molar-refractivity contribution in [2.75, 3.05) is 6.54 Å². The van der Waals surface area contributed by atoms with Gasteiger partial charge in [-0.3, -0.25) is 4.90 Å². The lowest BCUT2D eigenvalue weighted by Gasteiger charge is -2.19. The highest BCUT2D eigenvalue weighted by molar-refractivity contribution is 7.11. The Labute approximate surface area is 118 Å². The molecule has 2 nitrogen and oxygen atoms in total. The topological polar surface area (TPSA) is 29.3 Å². The Morgan fingerprint density at radius 3 is 2.63 bits per heavy atom. The highest BCUT2D eigenvalue weighted by Crippen LogP contribution is 2.22. The number of nitrogens with two attached hydrogens (primary N) is 1. The van der Waals surface area contributed by atoms with Crippen LogP contribution in [-0.4, -0.2) is 11.4 Å². The van der Waals surface area contributed by atoms with E-state index in [1.165, 1.54) is 40.3 Å². The number of hydrogen-bond acceptors (Lipinski definition) is 3. The lowest BCUT2D eigenvalue weighted by Crippen LogP contribution is -2.22. The van der Waals surface area contributed by atoms with Crippen LogP contribution >= 0.6 is 11.3 Å². The lowest BCUT2D eigenvalue weighted by atomic mass is 10.0. The average molecular weight is 272 g/mol. The minimum absolute atomic E-state index is 0.660. The molecule has 2 aromatic rings. The van der Waals surface area contributed by atoms with Crippen molar-refractivity contribution in [3.63, 3.8) is 0 Å². The van der Waals surface area contributed by atoms with Crippen LogP contribution in [0.4, 0.5) is 0 Å². The van der Waals surface area contributed by atoms with Gasteiger partial charge in [0, 0.05) is 29.4 Å². The van der Waals surface area contributed by atoms with Crippen LogP contribution in [0.3, 0.4) is 0 Å². The Kier molecular flexibility index (Phi) is 3.97. The summed E-state index contributed by atoms with van der Waals surface area (Å²) in [6, 6.07) is 13.2. The number of thiophene rings is 1. The van der Waals surface area contributed by atoms with Gasteiger partial charge in [-0.1, -0.05) is 24.3 Å². The third-order valence-electron chi connectivity index (χ3n) is 3.73. The number of nitrogens with zero attached hydrogens (tertiary/aromatic N) is 1. The van der Waals surface area contributed by atoms with E-state index in [9.17, 15) is 0 Å². The molecule has 2 N–H and O–H groups in total. The molecule has 2 heterocycles. The fourth-order valence-electron chi connectivity index (χ4n) is 2.74. The number of rotatable bonds is 3. The Hall–Kier alpha value is -1.16. The summed E-state index contributed by atoms with van der Waals surface area (Å²) in [5, 5.41) is 0. The fraction of sp³-hybridized carbons (Fsp3) is 0.375. The molecular weight excluding hydrogens is 252 g/mol. The van der Waals surface area contributed by atoms with Gasteiger partial charge in [0.25, 0.3) is 0 Å². The average Bonchev–Trinajstić information content (AvgIpc) is 2.78. The number of hydrogen-bond donors (Lipinski definition) is 1. The summed E-state index contributed by atoms with van der Waals surface area (Å²) < 4.78 is 0. The molecule has 100 valence electrons. The molecular formula is C16H20N2S. The van der Waals surface area contributed by atoms with Crippen LogP contribution < -0.4 is 5.73 Å². The Morgan fingerprint density at radius 2 is 1.84 bits per heavy atom. The molecule has 0 aliphatic carbocycles. The first-order chi connectivity index (χ1) is 9.35. The van der Waals surface area contributed by atoms with Gasteiger partial charge in [0.2, 0.25) is 0 Å². The summed E-state index contributed by atoms with van der Waals surface area (Å²) in [6.07, 6.45) is 2.47. The highest BCUT2D eigenvalue weighted by atomic mass is 32.1. The molecule has 0 atom stereocenters. The van der Waals surface area contributed by atoms with E-state index in [0.717, 1.165) is 13.1 Å². The van der Waals surface area contributed by atoms with E-state index in [1.807, 2.05) is 11.3 Å². The van der Waals surface area contributed by atoms with E-state index < -0.39 is 0 Å². The van der Waals surface area contributed by atoms with E-state index >= 15 is 0 Å². The van der Waals surface area contributed by atoms with Crippen LogP contribution in [0, 0.1) is 0 Å². The van der Waals surface area contributed by atoms with Crippen LogP contribution in [0.1, 0.15) is 27.3 Å². The second-order valence-electron chi connectivity index (χ2n) is 5.16. The zero-order valence-corrected chi connectivity index (χ0v) is 12.0. The fourth-order valence-corrected chi connectivity index (χ4v) is 3.68. The van der Waals surface area contributed by atoms with Crippen LogP contribution in [0.5, 0.6) is 0 Å². The standard InChI is InChI=1S/C16H20N2S/c17-10-15-7-8-16(19-15)12-18-9-3-6-13-4-1-2-5-14(13)11-18/h1-2,4-5,7-8H,3,6,9-12,17H2. The molecule has 3 rings (SSSR count). The summed E-state index contributed by atoms with van der Waals surface area (Å²) in [5.74, 6) is 0. The van der Waals surface area contributed by atoms with Crippen molar-refractivity contribution in [2.24, 2.45) is 5.73 Å². The molecule has 0 saturated heterocycles. The number of fused-ring (bicyclic) bond motifs is 1. The van der Waals surface area contributed by atoms with Gasteiger partial charge in [-0.05, 0) is 42.6 Å². The zero-order valence-electron chi connectivity index (χ0n) is 11.1. The van der Waals surface area contributed by atoms with Gasteiger partial charge in [0.05, 0.1) is 0 Å². The largest absolute Gasteiger partial charge is 0.326 e. The predicted molar refractivity (Wildman–Crippen MR) is 81.1 cm³/mol. The van der Waals surface area contributed by atoms with Crippen LogP contribution in [0.2, 0.25) is 0 Å². The van der Waals surface area contributed by atoms with Crippen molar-refractivity contribution < 1.29 is 0 Å². The summed E-state index contributed by atoms with van der Waals surface area (Å²) in [5.41, 5.74) is 8.70. The molecule has 1 aliphatic rings. The van der Waals surface area contributed by atoms with Gasteiger partial charge < -0.3 is 5.73 Å². The van der Waals surface area contributed by atoms with E-state index in [0.29, 0.717) is 6.54 Å². The predicted octanol–water partition coefficient (Wildman–Crippen LogP) is 3.16. The molecule has 0 fully saturated rings. The van der Waals surface area contributed by atoms with Crippen molar-refractivity contribution in [3.05, 3.63) is 57.3 Å². The molecule has 0 radical (unpaired) electrons. The molecule has 0 bridgehead atoms. The first-order valence-corrected chi connectivity index (χ1v) is 7.73. The first kappa shape index (κ1) is 12.9. The van der Waals surface area contributed by atoms with Gasteiger partial charge in [0.1, 0.15) is 0 Å². The molecule has 0 spiro atoms. The second kappa shape index (κ2) is 5.87. The molecule has 1 aromatic carbocycles. The first-order valence-electron chi connectivity index (χ1n) is 6.92. The third kappa shape index (κ3) is 3.06. The van der Waals surface area contributed by atoms with Gasteiger partial charge in [0.15, 0.2) is 0 Å². The van der Waals surface area contributed by atoms with Crippen molar-refractivity contribution >= 4 is 11.3 Å². The smallest absolute Gasteiger partial charge is 0.0331 e. The van der Waals surface area contributed by atoms with Crippen LogP contribution in [-0.2, 0) is 26.1 Å². The summed E-state index contributed by atoms with van der Waals surface area (Å²) in [4.78, 5) is 5.27. The molecule has 0 unspecified atom stereocenters. The van der Waals surface area contributed by atoms with Gasteiger partial charge in [-0.25, -0.2) is 0 Å². The van der Waals surface area contributed by atoms with Crippen molar-refractivity contribution in [2.45, 2.75) is 32.5 Å². The summed E-state index contributed by atoms with van der Waals surface area (Å²) in [7, 11) is 0. The van der Waals surface area contributed by atoms with Gasteiger partial charge >= 0.3 is 0 Å². The van der Waals surface area contributed by atoms with Crippen molar-refractivity contribution in [3.8, 4) is 0 Å².